The van der Waals surface area contributed by atoms with Gasteiger partial charge in [0.15, 0.2) is 0 Å². The Labute approximate surface area is 106 Å². The molecule has 1 aromatic rings. The molecule has 3 N–H and O–H groups in total. The topological polar surface area (TPSA) is 80.9 Å². The lowest BCUT2D eigenvalue weighted by atomic mass is 10.2. The Morgan fingerprint density at radius 2 is 2.29 bits per heavy atom. The summed E-state index contributed by atoms with van der Waals surface area (Å²) in [6, 6.07) is 0. The van der Waals surface area contributed by atoms with Crippen molar-refractivity contribution >= 4 is 17.5 Å². The van der Waals surface area contributed by atoms with Crippen molar-refractivity contribution in [1.29, 1.82) is 0 Å². The average Bonchev–Trinajstić information content (AvgIpc) is 2.29. The molecule has 94 valence electrons. The standard InChI is InChI=1S/C11H17ClN4O/c1-7(2)10-15-6-8(12)9(16-10)11(17)14-5-3-4-13/h6-7H,3-5,13H2,1-2H3,(H,14,17). The molecule has 17 heavy (non-hydrogen) atoms. The van der Waals surface area contributed by atoms with Gasteiger partial charge in [-0.3, -0.25) is 4.79 Å². The molecule has 0 aromatic carbocycles. The Morgan fingerprint density at radius 3 is 2.88 bits per heavy atom. The van der Waals surface area contributed by atoms with Gasteiger partial charge in [0.25, 0.3) is 5.91 Å². The van der Waals surface area contributed by atoms with E-state index in [9.17, 15) is 4.79 Å². The number of nitrogens with two attached hydrogens (primary N) is 1. The maximum atomic E-state index is 11.8. The zero-order valence-corrected chi connectivity index (χ0v) is 10.8. The molecular formula is C11H17ClN4O. The van der Waals surface area contributed by atoms with Crippen LogP contribution in [-0.2, 0) is 0 Å². The van der Waals surface area contributed by atoms with E-state index in [1.54, 1.807) is 0 Å². The third-order valence-corrected chi connectivity index (χ3v) is 2.44. The number of nitrogens with zero attached hydrogens (tertiary/aromatic N) is 2. The van der Waals surface area contributed by atoms with Crippen LogP contribution in [0.3, 0.4) is 0 Å². The molecule has 0 fully saturated rings. The van der Waals surface area contributed by atoms with Gasteiger partial charge in [-0.2, -0.15) is 0 Å². The number of halogens is 1. The van der Waals surface area contributed by atoms with Crippen LogP contribution in [0.1, 0.15) is 42.5 Å². The van der Waals surface area contributed by atoms with E-state index in [1.165, 1.54) is 6.20 Å². The second kappa shape index (κ2) is 6.51. The van der Waals surface area contributed by atoms with Crippen molar-refractivity contribution in [2.45, 2.75) is 26.2 Å². The first-order valence-corrected chi connectivity index (χ1v) is 5.94. The Balaban J connectivity index is 2.81. The number of rotatable bonds is 5. The molecule has 0 saturated carbocycles. The second-order valence-electron chi connectivity index (χ2n) is 3.98. The van der Waals surface area contributed by atoms with Gasteiger partial charge in [0.1, 0.15) is 11.5 Å². The summed E-state index contributed by atoms with van der Waals surface area (Å²) in [5, 5.41) is 2.98. The average molecular weight is 257 g/mol. The largest absolute Gasteiger partial charge is 0.351 e. The van der Waals surface area contributed by atoms with Gasteiger partial charge in [-0.15, -0.1) is 0 Å². The van der Waals surface area contributed by atoms with E-state index in [1.807, 2.05) is 13.8 Å². The number of hydrogen-bond donors (Lipinski definition) is 2. The first-order valence-electron chi connectivity index (χ1n) is 5.57. The van der Waals surface area contributed by atoms with Gasteiger partial charge in [0, 0.05) is 12.5 Å². The summed E-state index contributed by atoms with van der Waals surface area (Å²) in [6.45, 7) is 4.97. The summed E-state index contributed by atoms with van der Waals surface area (Å²) < 4.78 is 0. The van der Waals surface area contributed by atoms with Crippen molar-refractivity contribution in [2.75, 3.05) is 13.1 Å². The maximum absolute atomic E-state index is 11.8. The molecule has 0 spiro atoms. The highest BCUT2D eigenvalue weighted by molar-refractivity contribution is 6.33. The van der Waals surface area contributed by atoms with Crippen molar-refractivity contribution in [1.82, 2.24) is 15.3 Å². The molecule has 1 rings (SSSR count). The fraction of sp³-hybridized carbons (Fsp3) is 0.545. The fourth-order valence-electron chi connectivity index (χ4n) is 1.21. The minimum absolute atomic E-state index is 0.155. The highest BCUT2D eigenvalue weighted by Crippen LogP contribution is 2.16. The van der Waals surface area contributed by atoms with Gasteiger partial charge in [0.05, 0.1) is 11.2 Å². The molecule has 0 unspecified atom stereocenters. The lowest BCUT2D eigenvalue weighted by Crippen LogP contribution is -2.27. The van der Waals surface area contributed by atoms with Crippen LogP contribution in [0.4, 0.5) is 0 Å². The quantitative estimate of drug-likeness (QED) is 0.779. The van der Waals surface area contributed by atoms with E-state index in [4.69, 9.17) is 17.3 Å². The summed E-state index contributed by atoms with van der Waals surface area (Å²) >= 11 is 5.90. The molecule has 0 aliphatic rings. The molecule has 1 aromatic heterocycles. The van der Waals surface area contributed by atoms with Crippen molar-refractivity contribution in [3.63, 3.8) is 0 Å². The third-order valence-electron chi connectivity index (χ3n) is 2.16. The normalized spacial score (nSPS) is 10.6. The monoisotopic (exact) mass is 256 g/mol. The summed E-state index contributed by atoms with van der Waals surface area (Å²) in [5.41, 5.74) is 5.57. The molecule has 5 nitrogen and oxygen atoms in total. The molecule has 6 heteroatoms. The highest BCUT2D eigenvalue weighted by atomic mass is 35.5. The summed E-state index contributed by atoms with van der Waals surface area (Å²) in [4.78, 5) is 20.0. The molecule has 0 saturated heterocycles. The van der Waals surface area contributed by atoms with Crippen molar-refractivity contribution in [2.24, 2.45) is 5.73 Å². The molecule has 0 atom stereocenters. The van der Waals surface area contributed by atoms with Gasteiger partial charge in [-0.05, 0) is 13.0 Å². The summed E-state index contributed by atoms with van der Waals surface area (Å²) in [6.07, 6.45) is 2.19. The van der Waals surface area contributed by atoms with Crippen LogP contribution in [0.15, 0.2) is 6.20 Å². The zero-order chi connectivity index (χ0) is 12.8. The second-order valence-corrected chi connectivity index (χ2v) is 4.38. The van der Waals surface area contributed by atoms with Crippen LogP contribution in [0.5, 0.6) is 0 Å². The Bertz CT molecular complexity index is 395. The predicted molar refractivity (Wildman–Crippen MR) is 67.1 cm³/mol. The van der Waals surface area contributed by atoms with E-state index in [-0.39, 0.29) is 22.5 Å². The minimum atomic E-state index is -0.284. The molecule has 1 heterocycles. The molecule has 0 radical (unpaired) electrons. The van der Waals surface area contributed by atoms with Crippen LogP contribution >= 0.6 is 11.6 Å². The Morgan fingerprint density at radius 1 is 1.59 bits per heavy atom. The van der Waals surface area contributed by atoms with Crippen molar-refractivity contribution in [3.05, 3.63) is 22.7 Å². The van der Waals surface area contributed by atoms with E-state index in [0.717, 1.165) is 6.42 Å². The SMILES string of the molecule is CC(C)c1ncc(Cl)c(C(=O)NCCCN)n1. The molecule has 0 aliphatic heterocycles. The van der Waals surface area contributed by atoms with Crippen LogP contribution in [0, 0.1) is 0 Å². The Hall–Kier alpha value is -1.20. The number of hydrogen-bond acceptors (Lipinski definition) is 4. The van der Waals surface area contributed by atoms with E-state index in [2.05, 4.69) is 15.3 Å². The lowest BCUT2D eigenvalue weighted by Gasteiger charge is -2.08. The van der Waals surface area contributed by atoms with Gasteiger partial charge < -0.3 is 11.1 Å². The van der Waals surface area contributed by atoms with Crippen LogP contribution in [0.25, 0.3) is 0 Å². The first-order chi connectivity index (χ1) is 8.06. The third kappa shape index (κ3) is 3.94. The maximum Gasteiger partial charge on any atom is 0.271 e. The first kappa shape index (κ1) is 13.9. The van der Waals surface area contributed by atoms with Gasteiger partial charge in [0.2, 0.25) is 0 Å². The van der Waals surface area contributed by atoms with Crippen molar-refractivity contribution < 1.29 is 4.79 Å². The number of aromatic nitrogens is 2. The number of amides is 1. The summed E-state index contributed by atoms with van der Waals surface area (Å²) in [5.74, 6) is 0.481. The molecule has 0 aliphatic carbocycles. The van der Waals surface area contributed by atoms with Gasteiger partial charge in [-0.25, -0.2) is 9.97 Å². The predicted octanol–water partition coefficient (Wildman–Crippen LogP) is 1.33. The number of carbonyl (C=O) groups is 1. The molecule has 0 bridgehead atoms. The van der Waals surface area contributed by atoms with Crippen LogP contribution in [0.2, 0.25) is 5.02 Å². The fourth-order valence-corrected chi connectivity index (χ4v) is 1.38. The smallest absolute Gasteiger partial charge is 0.271 e. The number of carbonyl (C=O) groups excluding carboxylic acids is 1. The highest BCUT2D eigenvalue weighted by Gasteiger charge is 2.14. The number of nitrogens with one attached hydrogen (secondary N) is 1. The van der Waals surface area contributed by atoms with Gasteiger partial charge in [-0.1, -0.05) is 25.4 Å². The molecule has 1 amide bonds. The van der Waals surface area contributed by atoms with Crippen LogP contribution in [-0.4, -0.2) is 29.0 Å². The van der Waals surface area contributed by atoms with E-state index >= 15 is 0 Å². The van der Waals surface area contributed by atoms with E-state index < -0.39 is 0 Å². The zero-order valence-electron chi connectivity index (χ0n) is 10.0. The van der Waals surface area contributed by atoms with E-state index in [0.29, 0.717) is 18.9 Å². The van der Waals surface area contributed by atoms with Crippen molar-refractivity contribution in [3.8, 4) is 0 Å². The Kier molecular flexibility index (Phi) is 5.31. The molecular weight excluding hydrogens is 240 g/mol. The van der Waals surface area contributed by atoms with Crippen LogP contribution < -0.4 is 11.1 Å². The lowest BCUT2D eigenvalue weighted by molar-refractivity contribution is 0.0948. The summed E-state index contributed by atoms with van der Waals surface area (Å²) in [7, 11) is 0. The van der Waals surface area contributed by atoms with Gasteiger partial charge >= 0.3 is 0 Å². The minimum Gasteiger partial charge on any atom is -0.351 e.